The maximum Gasteiger partial charge on any atom is 0.0741 e. The number of rotatable bonds is 6. The average molecular weight is 216 g/mol. The normalized spacial score (nSPS) is 22.6. The van der Waals surface area contributed by atoms with Crippen LogP contribution in [-0.4, -0.2) is 55.0 Å². The first-order valence-electron chi connectivity index (χ1n) is 5.86. The largest absolute Gasteiger partial charge is 0.389 e. The number of unbranched alkanes of at least 4 members (excludes halogenated alkanes) is 1. The predicted octanol–water partition coefficient (Wildman–Crippen LogP) is 0.199. The summed E-state index contributed by atoms with van der Waals surface area (Å²) in [6, 6.07) is 0. The van der Waals surface area contributed by atoms with Crippen LogP contribution in [0.2, 0.25) is 0 Å². The van der Waals surface area contributed by atoms with Crippen LogP contribution in [0.3, 0.4) is 0 Å². The number of nitrogens with zero attached hydrogens (tertiary/aromatic N) is 1. The molecule has 1 heterocycles. The van der Waals surface area contributed by atoms with Gasteiger partial charge in [-0.25, -0.2) is 0 Å². The zero-order valence-corrected chi connectivity index (χ0v) is 9.74. The van der Waals surface area contributed by atoms with Crippen LogP contribution in [0.4, 0.5) is 0 Å². The quantitative estimate of drug-likeness (QED) is 0.623. The van der Waals surface area contributed by atoms with Gasteiger partial charge < -0.3 is 15.6 Å². The highest BCUT2D eigenvalue weighted by Crippen LogP contribution is 2.12. The first-order valence-corrected chi connectivity index (χ1v) is 5.86. The van der Waals surface area contributed by atoms with E-state index in [4.69, 9.17) is 10.5 Å². The molecular weight excluding hydrogens is 192 g/mol. The summed E-state index contributed by atoms with van der Waals surface area (Å²) in [5.41, 5.74) is 4.78. The van der Waals surface area contributed by atoms with Gasteiger partial charge in [-0.1, -0.05) is 0 Å². The molecule has 1 unspecified atom stereocenters. The lowest BCUT2D eigenvalue weighted by Crippen LogP contribution is -2.37. The highest BCUT2D eigenvalue weighted by Gasteiger charge is 2.17. The Hall–Kier alpha value is -0.160. The number of hydrogen-bond donors (Lipinski definition) is 2. The third-order valence-electron chi connectivity index (χ3n) is 2.98. The molecule has 0 saturated carbocycles. The standard InChI is InChI=1S/C11H24N2O2/c1-11(14,10-12)4-2-3-5-13-6-8-15-9-7-13/h14H,2-10,12H2,1H3. The van der Waals surface area contributed by atoms with Gasteiger partial charge in [0.15, 0.2) is 0 Å². The Morgan fingerprint density at radius 2 is 2.00 bits per heavy atom. The summed E-state index contributed by atoms with van der Waals surface area (Å²) in [4.78, 5) is 2.42. The molecule has 0 aromatic rings. The molecule has 3 N–H and O–H groups in total. The summed E-state index contributed by atoms with van der Waals surface area (Å²) in [6.07, 6.45) is 2.98. The van der Waals surface area contributed by atoms with Crippen molar-refractivity contribution in [2.45, 2.75) is 31.8 Å². The first kappa shape index (κ1) is 12.9. The lowest BCUT2D eigenvalue weighted by Gasteiger charge is -2.27. The number of aliphatic hydroxyl groups is 1. The Morgan fingerprint density at radius 3 is 2.60 bits per heavy atom. The molecule has 1 aliphatic heterocycles. The molecule has 15 heavy (non-hydrogen) atoms. The van der Waals surface area contributed by atoms with Gasteiger partial charge in [0.1, 0.15) is 0 Å². The molecule has 0 aromatic heterocycles. The first-order chi connectivity index (χ1) is 7.14. The van der Waals surface area contributed by atoms with Gasteiger partial charge in [0.05, 0.1) is 18.8 Å². The van der Waals surface area contributed by atoms with Crippen molar-refractivity contribution in [3.8, 4) is 0 Å². The van der Waals surface area contributed by atoms with Crippen LogP contribution in [-0.2, 0) is 4.74 Å². The van der Waals surface area contributed by atoms with Crippen molar-refractivity contribution in [3.63, 3.8) is 0 Å². The molecule has 1 aliphatic rings. The molecule has 1 atom stereocenters. The molecule has 0 radical (unpaired) electrons. The van der Waals surface area contributed by atoms with Crippen LogP contribution in [0, 0.1) is 0 Å². The van der Waals surface area contributed by atoms with Gasteiger partial charge in [0.25, 0.3) is 0 Å². The Balaban J connectivity index is 2.00. The highest BCUT2D eigenvalue weighted by atomic mass is 16.5. The summed E-state index contributed by atoms with van der Waals surface area (Å²) in [5, 5.41) is 9.70. The van der Waals surface area contributed by atoms with E-state index in [2.05, 4.69) is 4.90 Å². The smallest absolute Gasteiger partial charge is 0.0741 e. The molecule has 90 valence electrons. The molecule has 0 aliphatic carbocycles. The molecule has 0 bridgehead atoms. The molecule has 1 saturated heterocycles. The van der Waals surface area contributed by atoms with Crippen LogP contribution >= 0.6 is 0 Å². The second-order valence-electron chi connectivity index (χ2n) is 4.61. The third kappa shape index (κ3) is 5.47. The molecular formula is C11H24N2O2. The fourth-order valence-electron chi connectivity index (χ4n) is 1.77. The Kier molecular flexibility index (Phi) is 5.53. The van der Waals surface area contributed by atoms with Crippen molar-refractivity contribution in [2.75, 3.05) is 39.4 Å². The van der Waals surface area contributed by atoms with Crippen molar-refractivity contribution >= 4 is 0 Å². The molecule has 1 fully saturated rings. The SMILES string of the molecule is CC(O)(CN)CCCCN1CCOCC1. The number of hydrogen-bond acceptors (Lipinski definition) is 4. The van der Waals surface area contributed by atoms with Gasteiger partial charge in [0, 0.05) is 19.6 Å². The van der Waals surface area contributed by atoms with Gasteiger partial charge in [-0.2, -0.15) is 0 Å². The Labute approximate surface area is 92.4 Å². The lowest BCUT2D eigenvalue weighted by molar-refractivity contribution is 0.0333. The Morgan fingerprint density at radius 1 is 1.33 bits per heavy atom. The van der Waals surface area contributed by atoms with E-state index < -0.39 is 5.60 Å². The average Bonchev–Trinajstić information content (AvgIpc) is 2.26. The molecule has 4 nitrogen and oxygen atoms in total. The van der Waals surface area contributed by atoms with E-state index in [-0.39, 0.29) is 0 Å². The molecule has 1 rings (SSSR count). The van der Waals surface area contributed by atoms with E-state index in [0.717, 1.165) is 52.1 Å². The van der Waals surface area contributed by atoms with Crippen LogP contribution < -0.4 is 5.73 Å². The van der Waals surface area contributed by atoms with E-state index in [1.807, 2.05) is 6.92 Å². The minimum Gasteiger partial charge on any atom is -0.389 e. The maximum atomic E-state index is 9.70. The summed E-state index contributed by atoms with van der Waals surface area (Å²) in [7, 11) is 0. The van der Waals surface area contributed by atoms with Gasteiger partial charge in [-0.3, -0.25) is 4.90 Å². The van der Waals surface area contributed by atoms with Gasteiger partial charge in [0.2, 0.25) is 0 Å². The van der Waals surface area contributed by atoms with E-state index in [9.17, 15) is 5.11 Å². The fourth-order valence-corrected chi connectivity index (χ4v) is 1.77. The maximum absolute atomic E-state index is 9.70. The van der Waals surface area contributed by atoms with Crippen molar-refractivity contribution in [1.29, 1.82) is 0 Å². The summed E-state index contributed by atoms with van der Waals surface area (Å²) >= 11 is 0. The van der Waals surface area contributed by atoms with Crippen LogP contribution in [0.5, 0.6) is 0 Å². The highest BCUT2D eigenvalue weighted by molar-refractivity contribution is 4.73. The van der Waals surface area contributed by atoms with Gasteiger partial charge in [-0.15, -0.1) is 0 Å². The van der Waals surface area contributed by atoms with E-state index >= 15 is 0 Å². The van der Waals surface area contributed by atoms with Crippen LogP contribution in [0.1, 0.15) is 26.2 Å². The predicted molar refractivity (Wildman–Crippen MR) is 60.8 cm³/mol. The van der Waals surface area contributed by atoms with E-state index in [1.54, 1.807) is 0 Å². The topological polar surface area (TPSA) is 58.7 Å². The summed E-state index contributed by atoms with van der Waals surface area (Å²) in [5.74, 6) is 0. The molecule has 0 aromatic carbocycles. The van der Waals surface area contributed by atoms with Crippen molar-refractivity contribution in [1.82, 2.24) is 4.90 Å². The van der Waals surface area contributed by atoms with E-state index in [1.165, 1.54) is 0 Å². The monoisotopic (exact) mass is 216 g/mol. The third-order valence-corrected chi connectivity index (χ3v) is 2.98. The fraction of sp³-hybridized carbons (Fsp3) is 1.00. The zero-order chi connectivity index (χ0) is 11.1. The van der Waals surface area contributed by atoms with Crippen molar-refractivity contribution in [3.05, 3.63) is 0 Å². The minimum absolute atomic E-state index is 0.352. The van der Waals surface area contributed by atoms with Crippen LogP contribution in [0.25, 0.3) is 0 Å². The number of nitrogens with two attached hydrogens (primary N) is 1. The summed E-state index contributed by atoms with van der Waals surface area (Å²) < 4.78 is 5.28. The van der Waals surface area contributed by atoms with Crippen LogP contribution in [0.15, 0.2) is 0 Å². The number of ether oxygens (including phenoxy) is 1. The van der Waals surface area contributed by atoms with E-state index in [0.29, 0.717) is 6.54 Å². The number of morpholine rings is 1. The zero-order valence-electron chi connectivity index (χ0n) is 9.74. The minimum atomic E-state index is -0.676. The van der Waals surface area contributed by atoms with Crippen molar-refractivity contribution in [2.24, 2.45) is 5.73 Å². The molecule has 0 amide bonds. The lowest BCUT2D eigenvalue weighted by atomic mass is 9.99. The van der Waals surface area contributed by atoms with Crippen molar-refractivity contribution < 1.29 is 9.84 Å². The second-order valence-corrected chi connectivity index (χ2v) is 4.61. The second kappa shape index (κ2) is 6.43. The molecule has 4 heteroatoms. The summed E-state index contributed by atoms with van der Waals surface area (Å²) in [6.45, 7) is 7.10. The van der Waals surface area contributed by atoms with Gasteiger partial charge in [-0.05, 0) is 32.7 Å². The molecule has 0 spiro atoms. The Bertz CT molecular complexity index is 168. The van der Waals surface area contributed by atoms with Gasteiger partial charge >= 0.3 is 0 Å².